The molecule has 1 aliphatic rings. The Hall–Kier alpha value is -3.17. The van der Waals surface area contributed by atoms with Crippen molar-refractivity contribution < 1.29 is 24.0 Å². The minimum atomic E-state index is -0.858. The Morgan fingerprint density at radius 3 is 2.63 bits per heavy atom. The van der Waals surface area contributed by atoms with Crippen LogP contribution in [0.1, 0.15) is 29.6 Å². The van der Waals surface area contributed by atoms with Gasteiger partial charge < -0.3 is 20.3 Å². The highest BCUT2D eigenvalue weighted by Crippen LogP contribution is 2.25. The molecule has 0 unspecified atom stereocenters. The average molecular weight is 378 g/mol. The van der Waals surface area contributed by atoms with E-state index in [2.05, 4.69) is 0 Å². The quantitative estimate of drug-likeness (QED) is 0.437. The van der Waals surface area contributed by atoms with Crippen LogP contribution in [0.2, 0.25) is 0 Å². The second kappa shape index (κ2) is 8.47. The van der Waals surface area contributed by atoms with Crippen molar-refractivity contribution in [3.63, 3.8) is 0 Å². The maximum atomic E-state index is 12.4. The van der Waals surface area contributed by atoms with Gasteiger partial charge in [-0.3, -0.25) is 19.7 Å². The summed E-state index contributed by atoms with van der Waals surface area (Å²) in [7, 11) is 3.35. The molecule has 1 aromatic rings. The lowest BCUT2D eigenvalue weighted by molar-refractivity contribution is -0.384. The normalized spacial score (nSPS) is 16.5. The number of nitrogens with zero attached hydrogens (tertiary/aromatic N) is 3. The van der Waals surface area contributed by atoms with Gasteiger partial charge in [0.15, 0.2) is 6.61 Å². The van der Waals surface area contributed by atoms with Crippen LogP contribution in [-0.4, -0.2) is 60.9 Å². The number of likely N-dealkylation sites (tertiary alicyclic amines) is 1. The van der Waals surface area contributed by atoms with Gasteiger partial charge in [-0.2, -0.15) is 0 Å². The van der Waals surface area contributed by atoms with Crippen molar-refractivity contribution in [2.75, 3.05) is 32.1 Å². The van der Waals surface area contributed by atoms with Crippen molar-refractivity contribution >= 4 is 29.2 Å². The molecule has 0 aromatic heterocycles. The second-order valence-electron chi connectivity index (χ2n) is 6.43. The SMILES string of the molecule is CN(C)c1ccc([N+](=O)[O-])cc1C(=O)OCC(=O)N1CCCC[C@H]1C(N)=O. The number of non-ortho nitro benzene ring substituents is 1. The maximum Gasteiger partial charge on any atom is 0.341 e. The van der Waals surface area contributed by atoms with Gasteiger partial charge in [-0.25, -0.2) is 4.79 Å². The fourth-order valence-corrected chi connectivity index (χ4v) is 3.00. The first-order valence-corrected chi connectivity index (χ1v) is 8.44. The molecule has 1 heterocycles. The predicted molar refractivity (Wildman–Crippen MR) is 96.3 cm³/mol. The summed E-state index contributed by atoms with van der Waals surface area (Å²) in [6.45, 7) is -0.206. The topological polar surface area (TPSA) is 136 Å². The van der Waals surface area contributed by atoms with Crippen molar-refractivity contribution in [3.05, 3.63) is 33.9 Å². The van der Waals surface area contributed by atoms with E-state index >= 15 is 0 Å². The van der Waals surface area contributed by atoms with Crippen molar-refractivity contribution in [1.82, 2.24) is 4.90 Å². The van der Waals surface area contributed by atoms with Crippen LogP contribution in [-0.2, 0) is 14.3 Å². The van der Waals surface area contributed by atoms with Crippen LogP contribution >= 0.6 is 0 Å². The Morgan fingerprint density at radius 1 is 1.33 bits per heavy atom. The zero-order valence-corrected chi connectivity index (χ0v) is 15.2. The van der Waals surface area contributed by atoms with E-state index < -0.39 is 35.4 Å². The van der Waals surface area contributed by atoms with Gasteiger partial charge in [0.25, 0.3) is 11.6 Å². The largest absolute Gasteiger partial charge is 0.452 e. The highest BCUT2D eigenvalue weighted by atomic mass is 16.6. The molecule has 146 valence electrons. The molecule has 10 nitrogen and oxygen atoms in total. The Morgan fingerprint density at radius 2 is 2.04 bits per heavy atom. The van der Waals surface area contributed by atoms with Crippen LogP contribution in [0.3, 0.4) is 0 Å². The molecule has 27 heavy (non-hydrogen) atoms. The average Bonchev–Trinajstić information content (AvgIpc) is 2.65. The molecule has 2 N–H and O–H groups in total. The molecular formula is C17H22N4O6. The zero-order valence-electron chi connectivity index (χ0n) is 15.2. The lowest BCUT2D eigenvalue weighted by Gasteiger charge is -2.33. The van der Waals surface area contributed by atoms with E-state index in [0.717, 1.165) is 18.9 Å². The van der Waals surface area contributed by atoms with E-state index in [1.54, 1.807) is 19.0 Å². The number of rotatable bonds is 6. The highest BCUT2D eigenvalue weighted by molar-refractivity contribution is 5.98. The maximum absolute atomic E-state index is 12.4. The number of benzene rings is 1. The van der Waals surface area contributed by atoms with E-state index in [9.17, 15) is 24.5 Å². The Balaban J connectivity index is 2.12. The van der Waals surface area contributed by atoms with Crippen LogP contribution in [0.5, 0.6) is 0 Å². The van der Waals surface area contributed by atoms with E-state index in [1.807, 2.05) is 0 Å². The van der Waals surface area contributed by atoms with E-state index in [4.69, 9.17) is 10.5 Å². The molecule has 1 aromatic carbocycles. The Bertz CT molecular complexity index is 764. The summed E-state index contributed by atoms with van der Waals surface area (Å²) >= 11 is 0. The van der Waals surface area contributed by atoms with Crippen LogP contribution in [0.4, 0.5) is 11.4 Å². The summed E-state index contributed by atoms with van der Waals surface area (Å²) in [6.07, 6.45) is 2.00. The number of hydrogen-bond donors (Lipinski definition) is 1. The summed E-state index contributed by atoms with van der Waals surface area (Å²) < 4.78 is 5.07. The molecular weight excluding hydrogens is 356 g/mol. The van der Waals surface area contributed by atoms with Crippen LogP contribution in [0, 0.1) is 10.1 Å². The number of nitro benzene ring substituents is 1. The zero-order chi connectivity index (χ0) is 20.1. The first-order valence-electron chi connectivity index (χ1n) is 8.44. The number of nitro groups is 1. The molecule has 2 rings (SSSR count). The molecule has 1 atom stereocenters. The van der Waals surface area contributed by atoms with E-state index in [1.165, 1.54) is 17.0 Å². The summed E-state index contributed by atoms with van der Waals surface area (Å²) in [5.41, 5.74) is 5.47. The molecule has 0 spiro atoms. The molecule has 10 heteroatoms. The lowest BCUT2D eigenvalue weighted by atomic mass is 10.0. The smallest absolute Gasteiger partial charge is 0.341 e. The van der Waals surface area contributed by atoms with Crippen molar-refractivity contribution in [2.45, 2.75) is 25.3 Å². The number of piperidine rings is 1. The molecule has 2 amide bonds. The molecule has 1 aliphatic heterocycles. The summed E-state index contributed by atoms with van der Waals surface area (Å²) in [5, 5.41) is 11.0. The number of nitrogens with two attached hydrogens (primary N) is 1. The molecule has 0 radical (unpaired) electrons. The predicted octanol–water partition coefficient (Wildman–Crippen LogP) is 0.684. The third kappa shape index (κ3) is 4.72. The summed E-state index contributed by atoms with van der Waals surface area (Å²) in [5.74, 6) is -1.98. The van der Waals surface area contributed by atoms with Crippen LogP contribution in [0.15, 0.2) is 18.2 Å². The van der Waals surface area contributed by atoms with Crippen molar-refractivity contribution in [2.24, 2.45) is 5.73 Å². The minimum Gasteiger partial charge on any atom is -0.452 e. The fraction of sp³-hybridized carbons (Fsp3) is 0.471. The van der Waals surface area contributed by atoms with E-state index in [0.29, 0.717) is 18.7 Å². The molecule has 1 saturated heterocycles. The summed E-state index contributed by atoms with van der Waals surface area (Å²) in [4.78, 5) is 49.6. The molecule has 0 saturated carbocycles. The summed E-state index contributed by atoms with van der Waals surface area (Å²) in [6, 6.07) is 3.11. The number of amides is 2. The van der Waals surface area contributed by atoms with Gasteiger partial charge in [0, 0.05) is 32.8 Å². The number of anilines is 1. The van der Waals surface area contributed by atoms with Gasteiger partial charge in [-0.15, -0.1) is 0 Å². The van der Waals surface area contributed by atoms with Gasteiger partial charge in [-0.1, -0.05) is 0 Å². The number of ether oxygens (including phenoxy) is 1. The van der Waals surface area contributed by atoms with Crippen molar-refractivity contribution in [1.29, 1.82) is 0 Å². The number of carbonyl (C=O) groups is 3. The first-order chi connectivity index (χ1) is 12.7. The standard InChI is InChI=1S/C17H22N4O6/c1-19(2)13-7-6-11(21(25)26)9-12(13)17(24)27-10-15(22)20-8-4-3-5-14(20)16(18)23/h6-7,9,14H,3-5,8,10H2,1-2H3,(H2,18,23)/t14-/m0/s1. The van der Waals surface area contributed by atoms with Crippen molar-refractivity contribution in [3.8, 4) is 0 Å². The molecule has 0 bridgehead atoms. The fourth-order valence-electron chi connectivity index (χ4n) is 3.00. The number of hydrogen-bond acceptors (Lipinski definition) is 7. The molecule has 1 fully saturated rings. The monoisotopic (exact) mass is 378 g/mol. The minimum absolute atomic E-state index is 0.0212. The number of esters is 1. The van der Waals surface area contributed by atoms with Gasteiger partial charge in [0.05, 0.1) is 16.2 Å². The van der Waals surface area contributed by atoms with Gasteiger partial charge in [-0.05, 0) is 25.3 Å². The van der Waals surface area contributed by atoms with Gasteiger partial charge in [0.1, 0.15) is 6.04 Å². The van der Waals surface area contributed by atoms with Crippen LogP contribution < -0.4 is 10.6 Å². The number of carbonyl (C=O) groups excluding carboxylic acids is 3. The van der Waals surface area contributed by atoms with Gasteiger partial charge >= 0.3 is 5.97 Å². The third-order valence-corrected chi connectivity index (χ3v) is 4.37. The number of primary amides is 1. The first kappa shape index (κ1) is 20.1. The third-order valence-electron chi connectivity index (χ3n) is 4.37. The van der Waals surface area contributed by atoms with Gasteiger partial charge in [0.2, 0.25) is 5.91 Å². The highest BCUT2D eigenvalue weighted by Gasteiger charge is 2.31. The Labute approximate surface area is 156 Å². The Kier molecular flexibility index (Phi) is 6.32. The lowest BCUT2D eigenvalue weighted by Crippen LogP contribution is -2.51. The van der Waals surface area contributed by atoms with Crippen LogP contribution in [0.25, 0.3) is 0 Å². The van der Waals surface area contributed by atoms with E-state index in [-0.39, 0.29) is 11.3 Å². The second-order valence-corrected chi connectivity index (χ2v) is 6.43. The molecule has 0 aliphatic carbocycles.